The summed E-state index contributed by atoms with van der Waals surface area (Å²) in [5.74, 6) is -5.33. The number of halogens is 1. The Labute approximate surface area is 323 Å². The molecule has 3 fully saturated rings. The first kappa shape index (κ1) is 35.1. The standard InChI is InChI=1S/C41H34ClN5O7S/c1-19-6-5-7-26(35(19)48)34-24-13-14-25-33(39(51)45(37(25)49)22-9-11-23(12-10-22)47(53)54)28(24)17-29-38(50)46(40(52)41(29,34)3)32-18-30(43-44(32)4)36-20(2)27-16-21(42)8-15-31(27)55-36/h5-13,15-16,18,25,28-29,33-34,48H,14,17H2,1-4H3/t25-,28+,29-,33-,34+,41+/m0/s1. The largest absolute Gasteiger partial charge is 0.507 e. The molecule has 4 heterocycles. The Balaban J connectivity index is 1.14. The van der Waals surface area contributed by atoms with E-state index in [1.807, 2.05) is 31.2 Å². The van der Waals surface area contributed by atoms with Crippen molar-refractivity contribution in [1.82, 2.24) is 9.78 Å². The van der Waals surface area contributed by atoms with Crippen molar-refractivity contribution < 1.29 is 29.2 Å². The Kier molecular flexibility index (Phi) is 7.76. The second-order valence-corrected chi connectivity index (χ2v) is 16.7. The van der Waals surface area contributed by atoms with E-state index < -0.39 is 63.6 Å². The van der Waals surface area contributed by atoms with Gasteiger partial charge in [-0.2, -0.15) is 5.10 Å². The number of thiophene rings is 1. The number of allylic oxidation sites excluding steroid dienone is 2. The number of imide groups is 2. The zero-order valence-corrected chi connectivity index (χ0v) is 31.7. The molecule has 0 unspecified atom stereocenters. The molecular weight excluding hydrogens is 742 g/mol. The lowest BCUT2D eigenvalue weighted by Crippen LogP contribution is -2.49. The van der Waals surface area contributed by atoms with E-state index in [0.717, 1.165) is 31.0 Å². The van der Waals surface area contributed by atoms with Gasteiger partial charge in [-0.25, -0.2) is 4.90 Å². The van der Waals surface area contributed by atoms with E-state index in [1.54, 1.807) is 56.5 Å². The minimum atomic E-state index is -1.37. The average Bonchev–Trinajstić information content (AvgIpc) is 3.83. The molecule has 4 aliphatic rings. The van der Waals surface area contributed by atoms with Crippen LogP contribution in [0.4, 0.5) is 17.2 Å². The summed E-state index contributed by atoms with van der Waals surface area (Å²) < 4.78 is 2.56. The fraction of sp³-hybridized carbons (Fsp3) is 0.293. The molecule has 12 nitrogen and oxygen atoms in total. The summed E-state index contributed by atoms with van der Waals surface area (Å²) in [6, 6.07) is 18.0. The highest BCUT2D eigenvalue weighted by Crippen LogP contribution is 2.64. The zero-order valence-electron chi connectivity index (χ0n) is 30.1. The molecule has 0 spiro atoms. The van der Waals surface area contributed by atoms with Crippen molar-refractivity contribution in [3.05, 3.63) is 110 Å². The molecule has 9 rings (SSSR count). The maximum atomic E-state index is 15.1. The highest BCUT2D eigenvalue weighted by atomic mass is 35.5. The Morgan fingerprint density at radius 2 is 1.71 bits per heavy atom. The van der Waals surface area contributed by atoms with Gasteiger partial charge in [-0.3, -0.25) is 38.9 Å². The van der Waals surface area contributed by atoms with Gasteiger partial charge in [0.25, 0.3) is 5.69 Å². The zero-order chi connectivity index (χ0) is 38.8. The first-order valence-electron chi connectivity index (χ1n) is 17.9. The number of aryl methyl sites for hydroxylation is 3. The van der Waals surface area contributed by atoms with Gasteiger partial charge in [0.2, 0.25) is 23.6 Å². The normalized spacial score (nSPS) is 26.1. The quantitative estimate of drug-likeness (QED) is 0.0828. The lowest BCUT2D eigenvalue weighted by atomic mass is 9.51. The van der Waals surface area contributed by atoms with Crippen molar-refractivity contribution in [3.63, 3.8) is 0 Å². The molecule has 1 N–H and O–H groups in total. The van der Waals surface area contributed by atoms with Crippen LogP contribution in [0.25, 0.3) is 20.7 Å². The topological polar surface area (TPSA) is 156 Å². The number of nitro groups is 1. The summed E-state index contributed by atoms with van der Waals surface area (Å²) in [5.41, 5.74) is 2.07. The summed E-state index contributed by atoms with van der Waals surface area (Å²) in [4.78, 5) is 72.3. The fourth-order valence-electron chi connectivity index (χ4n) is 9.69. The van der Waals surface area contributed by atoms with E-state index in [2.05, 4.69) is 0 Å². The highest BCUT2D eigenvalue weighted by Gasteiger charge is 2.68. The van der Waals surface area contributed by atoms with E-state index in [4.69, 9.17) is 16.7 Å². The number of carbonyl (C=O) groups is 4. The summed E-state index contributed by atoms with van der Waals surface area (Å²) in [5, 5.41) is 29.3. The molecule has 6 atom stereocenters. The van der Waals surface area contributed by atoms with Crippen LogP contribution in [0.15, 0.2) is 78.4 Å². The average molecular weight is 776 g/mol. The summed E-state index contributed by atoms with van der Waals surface area (Å²) in [6.45, 7) is 5.52. The number of benzene rings is 3. The van der Waals surface area contributed by atoms with Gasteiger partial charge in [0.05, 0.1) is 38.7 Å². The maximum absolute atomic E-state index is 15.1. The van der Waals surface area contributed by atoms with Gasteiger partial charge in [0.1, 0.15) is 17.3 Å². The van der Waals surface area contributed by atoms with Crippen molar-refractivity contribution >= 4 is 73.8 Å². The number of rotatable bonds is 5. The number of amides is 4. The number of aromatic nitrogens is 2. The van der Waals surface area contributed by atoms with Gasteiger partial charge in [-0.05, 0) is 86.4 Å². The number of aromatic hydroxyl groups is 1. The summed E-state index contributed by atoms with van der Waals surface area (Å²) in [6.07, 6.45) is 2.26. The lowest BCUT2D eigenvalue weighted by molar-refractivity contribution is -0.384. The summed E-state index contributed by atoms with van der Waals surface area (Å²) in [7, 11) is 1.69. The molecule has 55 heavy (non-hydrogen) atoms. The minimum Gasteiger partial charge on any atom is -0.507 e. The number of hydrogen-bond acceptors (Lipinski definition) is 9. The Morgan fingerprint density at radius 1 is 0.964 bits per heavy atom. The molecule has 1 saturated carbocycles. The molecule has 5 aromatic rings. The molecule has 4 amide bonds. The highest BCUT2D eigenvalue weighted by molar-refractivity contribution is 7.22. The Hall–Kier alpha value is -5.66. The van der Waals surface area contributed by atoms with E-state index in [-0.39, 0.29) is 30.0 Å². The van der Waals surface area contributed by atoms with Crippen molar-refractivity contribution in [2.75, 3.05) is 9.80 Å². The minimum absolute atomic E-state index is 0.000613. The number of non-ortho nitro benzene ring substituents is 1. The predicted molar refractivity (Wildman–Crippen MR) is 207 cm³/mol. The van der Waals surface area contributed by atoms with Gasteiger partial charge < -0.3 is 5.11 Å². The number of para-hydroxylation sites is 1. The molecule has 3 aromatic carbocycles. The second kappa shape index (κ2) is 12.2. The van der Waals surface area contributed by atoms with E-state index in [0.29, 0.717) is 27.7 Å². The number of anilines is 2. The van der Waals surface area contributed by atoms with Crippen molar-refractivity contribution in [1.29, 1.82) is 0 Å². The summed E-state index contributed by atoms with van der Waals surface area (Å²) >= 11 is 7.85. The Bertz CT molecular complexity index is 2590. The van der Waals surface area contributed by atoms with E-state index >= 15 is 4.79 Å². The van der Waals surface area contributed by atoms with Crippen molar-refractivity contribution in [3.8, 4) is 16.3 Å². The van der Waals surface area contributed by atoms with Crippen LogP contribution in [0.1, 0.15) is 42.4 Å². The van der Waals surface area contributed by atoms with Gasteiger partial charge in [0.15, 0.2) is 0 Å². The molecule has 2 aliphatic heterocycles. The number of carbonyl (C=O) groups excluding carboxylic acids is 4. The predicted octanol–water partition coefficient (Wildman–Crippen LogP) is 7.62. The maximum Gasteiger partial charge on any atom is 0.269 e. The van der Waals surface area contributed by atoms with Gasteiger partial charge in [-0.15, -0.1) is 11.3 Å². The van der Waals surface area contributed by atoms with Crippen LogP contribution >= 0.6 is 22.9 Å². The first-order valence-corrected chi connectivity index (χ1v) is 19.1. The molecule has 14 heteroatoms. The van der Waals surface area contributed by atoms with Crippen LogP contribution in [-0.2, 0) is 26.2 Å². The number of hydrogen-bond donors (Lipinski definition) is 1. The molecule has 2 aliphatic carbocycles. The number of phenols is 1. The second-order valence-electron chi connectivity index (χ2n) is 15.2. The van der Waals surface area contributed by atoms with Crippen LogP contribution in [-0.4, -0.2) is 43.4 Å². The third kappa shape index (κ3) is 4.85. The molecule has 2 saturated heterocycles. The lowest BCUT2D eigenvalue weighted by Gasteiger charge is -2.49. The van der Waals surface area contributed by atoms with Gasteiger partial charge in [0, 0.05) is 46.5 Å². The SMILES string of the molecule is Cc1cccc([C@H]2C3=CC[C@@H]4C(=O)N(c5ccc([N+](=O)[O-])cc5)C(=O)[C@@H]4[C@@H]3C[C@H]3C(=O)N(c4cc(-c5sc6ccc(Cl)cc6c5C)nn4C)C(=O)[C@@]23C)c1O. The number of nitro benzene ring substituents is 1. The van der Waals surface area contributed by atoms with Crippen LogP contribution in [0.5, 0.6) is 5.75 Å². The van der Waals surface area contributed by atoms with Crippen molar-refractivity contribution in [2.24, 2.45) is 36.1 Å². The van der Waals surface area contributed by atoms with Crippen LogP contribution in [0.2, 0.25) is 5.02 Å². The third-order valence-electron chi connectivity index (χ3n) is 12.4. The molecular formula is C41H34ClN5O7S. The van der Waals surface area contributed by atoms with Crippen LogP contribution in [0.3, 0.4) is 0 Å². The molecule has 0 bridgehead atoms. The third-order valence-corrected chi connectivity index (χ3v) is 13.9. The first-order chi connectivity index (χ1) is 26.2. The Morgan fingerprint density at radius 3 is 2.44 bits per heavy atom. The molecule has 0 radical (unpaired) electrons. The van der Waals surface area contributed by atoms with Crippen molar-refractivity contribution in [2.45, 2.75) is 39.5 Å². The molecule has 278 valence electrons. The van der Waals surface area contributed by atoms with Gasteiger partial charge >= 0.3 is 0 Å². The van der Waals surface area contributed by atoms with Crippen LogP contribution in [0, 0.1) is 53.0 Å². The number of nitrogens with zero attached hydrogens (tertiary/aromatic N) is 5. The smallest absolute Gasteiger partial charge is 0.269 e. The number of fused-ring (bicyclic) bond motifs is 5. The van der Waals surface area contributed by atoms with E-state index in [9.17, 15) is 29.6 Å². The van der Waals surface area contributed by atoms with Gasteiger partial charge in [-0.1, -0.05) is 41.4 Å². The van der Waals surface area contributed by atoms with Crippen LogP contribution < -0.4 is 9.80 Å². The fourth-order valence-corrected chi connectivity index (χ4v) is 11.0. The molecule has 2 aromatic heterocycles. The number of phenolic OH excluding ortho intramolecular Hbond substituents is 1. The van der Waals surface area contributed by atoms with E-state index in [1.165, 1.54) is 33.8 Å². The monoisotopic (exact) mass is 775 g/mol.